The highest BCUT2D eigenvalue weighted by atomic mass is 16.3. The maximum Gasteiger partial charge on any atom is 0.264 e. The van der Waals surface area contributed by atoms with Crippen molar-refractivity contribution in [3.05, 3.63) is 28.0 Å². The molecule has 24 heavy (non-hydrogen) atoms. The first-order chi connectivity index (χ1) is 11.6. The van der Waals surface area contributed by atoms with E-state index in [1.54, 1.807) is 0 Å². The number of rotatable bonds is 6. The van der Waals surface area contributed by atoms with Gasteiger partial charge in [0.15, 0.2) is 0 Å². The summed E-state index contributed by atoms with van der Waals surface area (Å²) in [7, 11) is 0. The number of nitrogens with one attached hydrogen (secondary N) is 1. The predicted octanol–water partition coefficient (Wildman–Crippen LogP) is 1.21. The van der Waals surface area contributed by atoms with E-state index in [-0.39, 0.29) is 17.9 Å². The van der Waals surface area contributed by atoms with E-state index < -0.39 is 0 Å². The SMILES string of the molecule is Cc1oc2ncn(CCC(=O)NCCN3CCCC3)c(=O)c2c1C. The predicted molar refractivity (Wildman–Crippen MR) is 91.0 cm³/mol. The summed E-state index contributed by atoms with van der Waals surface area (Å²) in [6.07, 6.45) is 4.21. The van der Waals surface area contributed by atoms with E-state index in [1.807, 2.05) is 13.8 Å². The summed E-state index contributed by atoms with van der Waals surface area (Å²) in [5.41, 5.74) is 1.02. The molecule has 0 unspecified atom stereocenters. The molecule has 0 saturated carbocycles. The molecule has 0 spiro atoms. The highest BCUT2D eigenvalue weighted by Gasteiger charge is 2.14. The Balaban J connectivity index is 1.55. The molecule has 7 nitrogen and oxygen atoms in total. The number of aryl methyl sites for hydroxylation is 3. The van der Waals surface area contributed by atoms with Crippen LogP contribution >= 0.6 is 0 Å². The van der Waals surface area contributed by atoms with Crippen molar-refractivity contribution in [3.63, 3.8) is 0 Å². The van der Waals surface area contributed by atoms with Gasteiger partial charge in [0.2, 0.25) is 11.6 Å². The van der Waals surface area contributed by atoms with Gasteiger partial charge in [-0.15, -0.1) is 0 Å². The van der Waals surface area contributed by atoms with Crippen molar-refractivity contribution in [1.82, 2.24) is 19.8 Å². The Labute approximate surface area is 140 Å². The van der Waals surface area contributed by atoms with Crippen LogP contribution < -0.4 is 10.9 Å². The summed E-state index contributed by atoms with van der Waals surface area (Å²) in [5.74, 6) is 0.660. The number of hydrogen-bond acceptors (Lipinski definition) is 5. The molecule has 0 aliphatic carbocycles. The molecule has 0 atom stereocenters. The minimum absolute atomic E-state index is 0.0405. The molecule has 3 heterocycles. The second-order valence-corrected chi connectivity index (χ2v) is 6.36. The number of likely N-dealkylation sites (tertiary alicyclic amines) is 1. The standard InChI is InChI=1S/C17H24N4O3/c1-12-13(2)24-16-15(12)17(23)21(11-19-16)9-5-14(22)18-6-10-20-7-3-4-8-20/h11H,3-10H2,1-2H3,(H,18,22). The van der Waals surface area contributed by atoms with Crippen LogP contribution in [-0.2, 0) is 11.3 Å². The number of carbonyl (C=O) groups excluding carboxylic acids is 1. The van der Waals surface area contributed by atoms with Gasteiger partial charge < -0.3 is 14.6 Å². The van der Waals surface area contributed by atoms with Crippen molar-refractivity contribution in [3.8, 4) is 0 Å². The third kappa shape index (κ3) is 3.51. The van der Waals surface area contributed by atoms with E-state index in [9.17, 15) is 9.59 Å². The van der Waals surface area contributed by atoms with Gasteiger partial charge >= 0.3 is 0 Å². The second-order valence-electron chi connectivity index (χ2n) is 6.36. The largest absolute Gasteiger partial charge is 0.443 e. The molecule has 1 amide bonds. The van der Waals surface area contributed by atoms with Crippen LogP contribution in [0.2, 0.25) is 0 Å². The smallest absolute Gasteiger partial charge is 0.264 e. The van der Waals surface area contributed by atoms with E-state index >= 15 is 0 Å². The quantitative estimate of drug-likeness (QED) is 0.860. The van der Waals surface area contributed by atoms with E-state index in [4.69, 9.17) is 4.42 Å². The van der Waals surface area contributed by atoms with Crippen molar-refractivity contribution in [2.45, 2.75) is 39.7 Å². The monoisotopic (exact) mass is 332 g/mol. The zero-order valence-corrected chi connectivity index (χ0v) is 14.3. The molecule has 1 aliphatic heterocycles. The average Bonchev–Trinajstić information content (AvgIpc) is 3.16. The number of fused-ring (bicyclic) bond motifs is 1. The third-order valence-corrected chi connectivity index (χ3v) is 4.68. The molecule has 2 aromatic rings. The van der Waals surface area contributed by atoms with Gasteiger partial charge in [0, 0.05) is 31.6 Å². The van der Waals surface area contributed by atoms with Gasteiger partial charge in [-0.1, -0.05) is 0 Å². The molecule has 0 aromatic carbocycles. The maximum absolute atomic E-state index is 12.5. The fraction of sp³-hybridized carbons (Fsp3) is 0.588. The molecular formula is C17H24N4O3. The molecule has 7 heteroatoms. The van der Waals surface area contributed by atoms with Gasteiger partial charge in [0.05, 0.1) is 0 Å². The minimum Gasteiger partial charge on any atom is -0.443 e. The van der Waals surface area contributed by atoms with Crippen LogP contribution in [0.15, 0.2) is 15.5 Å². The fourth-order valence-corrected chi connectivity index (χ4v) is 3.10. The normalized spacial score (nSPS) is 15.2. The van der Waals surface area contributed by atoms with E-state index in [0.29, 0.717) is 29.9 Å². The van der Waals surface area contributed by atoms with Crippen LogP contribution in [-0.4, -0.2) is 46.5 Å². The van der Waals surface area contributed by atoms with Crippen molar-refractivity contribution < 1.29 is 9.21 Å². The first kappa shape index (κ1) is 16.7. The number of furan rings is 1. The summed E-state index contributed by atoms with van der Waals surface area (Å²) >= 11 is 0. The molecule has 130 valence electrons. The van der Waals surface area contributed by atoms with Crippen molar-refractivity contribution >= 4 is 17.0 Å². The number of aromatic nitrogens is 2. The van der Waals surface area contributed by atoms with Gasteiger partial charge in [-0.05, 0) is 39.8 Å². The molecule has 1 saturated heterocycles. The Morgan fingerprint density at radius 1 is 1.29 bits per heavy atom. The fourth-order valence-electron chi connectivity index (χ4n) is 3.10. The Kier molecular flexibility index (Phi) is 4.99. The lowest BCUT2D eigenvalue weighted by Crippen LogP contribution is -2.34. The summed E-state index contributed by atoms with van der Waals surface area (Å²) in [6.45, 7) is 7.79. The molecule has 0 bridgehead atoms. The minimum atomic E-state index is -0.154. The van der Waals surface area contributed by atoms with Gasteiger partial charge in [0.1, 0.15) is 17.5 Å². The summed E-state index contributed by atoms with van der Waals surface area (Å²) in [4.78, 5) is 31.0. The first-order valence-electron chi connectivity index (χ1n) is 8.50. The maximum atomic E-state index is 12.5. The Morgan fingerprint density at radius 2 is 2.04 bits per heavy atom. The van der Waals surface area contributed by atoms with Crippen LogP contribution in [0, 0.1) is 13.8 Å². The summed E-state index contributed by atoms with van der Waals surface area (Å²) < 4.78 is 6.93. The van der Waals surface area contributed by atoms with Crippen LogP contribution in [0.3, 0.4) is 0 Å². The topological polar surface area (TPSA) is 80.4 Å². The van der Waals surface area contributed by atoms with Crippen molar-refractivity contribution in [1.29, 1.82) is 0 Å². The van der Waals surface area contributed by atoms with Crippen LogP contribution in [0.1, 0.15) is 30.6 Å². The molecule has 1 fully saturated rings. The Morgan fingerprint density at radius 3 is 2.79 bits per heavy atom. The Hall–Kier alpha value is -2.15. The highest BCUT2D eigenvalue weighted by Crippen LogP contribution is 2.19. The lowest BCUT2D eigenvalue weighted by atomic mass is 10.2. The highest BCUT2D eigenvalue weighted by molar-refractivity contribution is 5.77. The lowest BCUT2D eigenvalue weighted by molar-refractivity contribution is -0.121. The molecule has 0 radical (unpaired) electrons. The molecule has 2 aromatic heterocycles. The second kappa shape index (κ2) is 7.17. The first-order valence-corrected chi connectivity index (χ1v) is 8.50. The number of amides is 1. The number of nitrogens with zero attached hydrogens (tertiary/aromatic N) is 3. The van der Waals surface area contributed by atoms with Gasteiger partial charge in [-0.3, -0.25) is 14.2 Å². The zero-order chi connectivity index (χ0) is 17.1. The van der Waals surface area contributed by atoms with Gasteiger partial charge in [-0.2, -0.15) is 0 Å². The van der Waals surface area contributed by atoms with E-state index in [0.717, 1.165) is 25.2 Å². The van der Waals surface area contributed by atoms with Crippen molar-refractivity contribution in [2.75, 3.05) is 26.2 Å². The lowest BCUT2D eigenvalue weighted by Gasteiger charge is -2.14. The van der Waals surface area contributed by atoms with Gasteiger partial charge in [0.25, 0.3) is 5.56 Å². The molecule has 1 aliphatic rings. The van der Waals surface area contributed by atoms with E-state index in [1.165, 1.54) is 23.7 Å². The van der Waals surface area contributed by atoms with Crippen LogP contribution in [0.25, 0.3) is 11.1 Å². The van der Waals surface area contributed by atoms with Crippen molar-refractivity contribution in [2.24, 2.45) is 0 Å². The molecular weight excluding hydrogens is 308 g/mol. The number of hydrogen-bond donors (Lipinski definition) is 1. The van der Waals surface area contributed by atoms with Crippen LogP contribution in [0.4, 0.5) is 0 Å². The summed E-state index contributed by atoms with van der Waals surface area (Å²) in [6, 6.07) is 0. The molecule has 3 rings (SSSR count). The number of carbonyl (C=O) groups is 1. The third-order valence-electron chi connectivity index (χ3n) is 4.68. The average molecular weight is 332 g/mol. The van der Waals surface area contributed by atoms with E-state index in [2.05, 4.69) is 15.2 Å². The van der Waals surface area contributed by atoms with Gasteiger partial charge in [-0.25, -0.2) is 4.98 Å². The Bertz CT molecular complexity index is 787. The van der Waals surface area contributed by atoms with Crippen LogP contribution in [0.5, 0.6) is 0 Å². The zero-order valence-electron chi connectivity index (χ0n) is 14.3. The molecule has 1 N–H and O–H groups in total. The summed E-state index contributed by atoms with van der Waals surface area (Å²) in [5, 5.41) is 3.42.